The molecule has 1 aliphatic rings. The third-order valence-corrected chi connectivity index (χ3v) is 6.65. The number of fused-ring (bicyclic) bond motifs is 1. The van der Waals surface area contributed by atoms with Gasteiger partial charge in [0, 0.05) is 43.0 Å². The van der Waals surface area contributed by atoms with Crippen molar-refractivity contribution in [2.75, 3.05) is 38.2 Å². The van der Waals surface area contributed by atoms with Crippen molar-refractivity contribution < 1.29 is 9.53 Å². The van der Waals surface area contributed by atoms with Crippen LogP contribution < -0.4 is 15.4 Å². The van der Waals surface area contributed by atoms with Gasteiger partial charge in [0.05, 0.1) is 18.8 Å². The molecule has 9 heteroatoms. The number of carbonyl (C=O) groups excluding carboxylic acids is 1. The Morgan fingerprint density at radius 1 is 1.11 bits per heavy atom. The summed E-state index contributed by atoms with van der Waals surface area (Å²) in [6.45, 7) is 2.47. The van der Waals surface area contributed by atoms with E-state index in [-0.39, 0.29) is 5.91 Å². The first-order valence-electron chi connectivity index (χ1n) is 11.6. The molecule has 1 fully saturated rings. The van der Waals surface area contributed by atoms with Crippen LogP contribution in [-0.4, -0.2) is 65.3 Å². The molecule has 1 aliphatic heterocycles. The lowest BCUT2D eigenvalue weighted by Crippen LogP contribution is -2.53. The Kier molecular flexibility index (Phi) is 6.57. The Hall–Kier alpha value is -3.62. The summed E-state index contributed by atoms with van der Waals surface area (Å²) in [6.07, 6.45) is 2.34. The number of nitrogens with zero attached hydrogens (tertiary/aromatic N) is 4. The molecule has 3 heterocycles. The summed E-state index contributed by atoms with van der Waals surface area (Å²) in [5, 5.41) is 8.76. The Morgan fingerprint density at radius 3 is 2.51 bits per heavy atom. The molecule has 3 N–H and O–H groups in total. The van der Waals surface area contributed by atoms with Crippen molar-refractivity contribution in [3.05, 3.63) is 71.4 Å². The summed E-state index contributed by atoms with van der Waals surface area (Å²) in [5.74, 6) is 0.465. The maximum absolute atomic E-state index is 13.1. The first kappa shape index (κ1) is 23.1. The van der Waals surface area contributed by atoms with Crippen LogP contribution in [0.15, 0.2) is 60.8 Å². The highest BCUT2D eigenvalue weighted by atomic mass is 35.5. The van der Waals surface area contributed by atoms with E-state index in [1.807, 2.05) is 53.6 Å². The van der Waals surface area contributed by atoms with E-state index in [1.165, 1.54) is 0 Å². The number of aromatic amines is 1. The van der Waals surface area contributed by atoms with Gasteiger partial charge in [-0.25, -0.2) is 4.98 Å². The molecule has 0 saturated carbocycles. The molecular weight excluding hydrogens is 464 g/mol. The van der Waals surface area contributed by atoms with E-state index in [2.05, 4.69) is 32.2 Å². The topological polar surface area (TPSA) is 100 Å². The molecule has 0 radical (unpaired) electrons. The van der Waals surface area contributed by atoms with Crippen molar-refractivity contribution in [2.24, 2.45) is 5.73 Å². The lowest BCUT2D eigenvalue weighted by Gasteiger charge is -2.38. The number of pyridine rings is 1. The van der Waals surface area contributed by atoms with E-state index in [4.69, 9.17) is 22.1 Å². The fourth-order valence-electron chi connectivity index (χ4n) is 4.60. The van der Waals surface area contributed by atoms with Crippen LogP contribution in [0.5, 0.6) is 5.88 Å². The number of amides is 1. The Morgan fingerprint density at radius 2 is 1.83 bits per heavy atom. The number of H-pyrrole nitrogens is 1. The normalized spacial score (nSPS) is 14.8. The Bertz CT molecular complexity index is 1320. The number of carbonyl (C=O) groups is 1. The van der Waals surface area contributed by atoms with Crippen molar-refractivity contribution >= 4 is 34.2 Å². The second-order valence-electron chi connectivity index (χ2n) is 8.59. The molecule has 180 valence electrons. The third-order valence-electron chi connectivity index (χ3n) is 6.40. The summed E-state index contributed by atoms with van der Waals surface area (Å²) >= 11 is 5.97. The zero-order chi connectivity index (χ0) is 24.4. The molecule has 0 spiro atoms. The molecule has 1 amide bonds. The summed E-state index contributed by atoms with van der Waals surface area (Å²) in [6, 6.07) is 17.0. The molecule has 5 rings (SSSR count). The molecule has 0 aliphatic carbocycles. The van der Waals surface area contributed by atoms with Gasteiger partial charge in [0.2, 0.25) is 11.8 Å². The van der Waals surface area contributed by atoms with Gasteiger partial charge in [0.25, 0.3) is 0 Å². The minimum Gasteiger partial charge on any atom is -0.479 e. The smallest absolute Gasteiger partial charge is 0.244 e. The van der Waals surface area contributed by atoms with Gasteiger partial charge in [-0.1, -0.05) is 54.1 Å². The van der Waals surface area contributed by atoms with Crippen LogP contribution in [0, 0.1) is 0 Å². The quantitative estimate of drug-likeness (QED) is 0.429. The average molecular weight is 491 g/mol. The van der Waals surface area contributed by atoms with Crippen LogP contribution in [0.2, 0.25) is 5.02 Å². The van der Waals surface area contributed by atoms with Gasteiger partial charge < -0.3 is 20.3 Å². The number of ether oxygens (including phenoxy) is 1. The SMILES string of the molecule is COc1n[nH]c2ncc(-c3ccccc3)c(N3CCN(C(=O)C(N)Cc4ccc(Cl)cc4)CC3)c12. The van der Waals surface area contributed by atoms with Crippen molar-refractivity contribution in [1.82, 2.24) is 20.1 Å². The maximum atomic E-state index is 13.1. The number of aromatic nitrogens is 3. The summed E-state index contributed by atoms with van der Waals surface area (Å²) in [4.78, 5) is 21.8. The largest absolute Gasteiger partial charge is 0.479 e. The number of hydrogen-bond donors (Lipinski definition) is 2. The molecule has 8 nitrogen and oxygen atoms in total. The number of halogens is 1. The van der Waals surface area contributed by atoms with Gasteiger partial charge in [-0.05, 0) is 29.7 Å². The molecule has 1 unspecified atom stereocenters. The zero-order valence-corrected chi connectivity index (χ0v) is 20.2. The molecule has 35 heavy (non-hydrogen) atoms. The molecular formula is C26H27ClN6O2. The molecule has 1 saturated heterocycles. The zero-order valence-electron chi connectivity index (χ0n) is 19.4. The van der Waals surface area contributed by atoms with Crippen LogP contribution in [-0.2, 0) is 11.2 Å². The average Bonchev–Trinajstić information content (AvgIpc) is 3.33. The lowest BCUT2D eigenvalue weighted by atomic mass is 10.0. The second kappa shape index (κ2) is 9.93. The first-order valence-corrected chi connectivity index (χ1v) is 11.9. The summed E-state index contributed by atoms with van der Waals surface area (Å²) in [5.41, 5.74) is 11.0. The fraction of sp³-hybridized carbons (Fsp3) is 0.269. The highest BCUT2D eigenvalue weighted by Gasteiger charge is 2.29. The van der Waals surface area contributed by atoms with Crippen LogP contribution in [0.4, 0.5) is 5.69 Å². The predicted octanol–water partition coefficient (Wildman–Crippen LogP) is 3.51. The van der Waals surface area contributed by atoms with Gasteiger partial charge in [-0.15, -0.1) is 5.10 Å². The van der Waals surface area contributed by atoms with E-state index >= 15 is 0 Å². The van der Waals surface area contributed by atoms with Crippen LogP contribution in [0.1, 0.15) is 5.56 Å². The standard InChI is InChI=1S/C26H27ClN6O2/c1-35-25-22-23(20(16-29-24(22)30-31-25)18-5-3-2-4-6-18)32-11-13-33(14-12-32)26(34)21(28)15-17-7-9-19(27)10-8-17/h2-10,16,21H,11-15,28H2,1H3,(H,29,30,31). The monoisotopic (exact) mass is 490 g/mol. The highest BCUT2D eigenvalue weighted by Crippen LogP contribution is 2.40. The minimum atomic E-state index is -0.593. The van der Waals surface area contributed by atoms with Gasteiger partial charge in [-0.3, -0.25) is 9.89 Å². The molecule has 1 atom stereocenters. The van der Waals surface area contributed by atoms with Crippen LogP contribution in [0.3, 0.4) is 0 Å². The van der Waals surface area contributed by atoms with Crippen molar-refractivity contribution in [3.63, 3.8) is 0 Å². The Balaban J connectivity index is 1.37. The fourth-order valence-corrected chi connectivity index (χ4v) is 4.73. The lowest BCUT2D eigenvalue weighted by molar-refractivity contribution is -0.132. The van der Waals surface area contributed by atoms with Crippen molar-refractivity contribution in [2.45, 2.75) is 12.5 Å². The van der Waals surface area contributed by atoms with Crippen LogP contribution in [0.25, 0.3) is 22.2 Å². The number of nitrogens with two attached hydrogens (primary N) is 1. The van der Waals surface area contributed by atoms with Crippen LogP contribution >= 0.6 is 11.6 Å². The van der Waals surface area contributed by atoms with E-state index in [1.54, 1.807) is 7.11 Å². The number of piperazine rings is 1. The molecule has 2 aromatic heterocycles. The highest BCUT2D eigenvalue weighted by molar-refractivity contribution is 6.30. The molecule has 2 aromatic carbocycles. The second-order valence-corrected chi connectivity index (χ2v) is 9.03. The van der Waals surface area contributed by atoms with E-state index < -0.39 is 6.04 Å². The van der Waals surface area contributed by atoms with Gasteiger partial charge in [0.1, 0.15) is 5.39 Å². The molecule has 0 bridgehead atoms. The third kappa shape index (κ3) is 4.67. The van der Waals surface area contributed by atoms with Crippen molar-refractivity contribution in [1.29, 1.82) is 0 Å². The number of nitrogens with one attached hydrogen (secondary N) is 1. The molecule has 4 aromatic rings. The predicted molar refractivity (Wildman–Crippen MR) is 138 cm³/mol. The minimum absolute atomic E-state index is 0.0383. The number of rotatable bonds is 6. The van der Waals surface area contributed by atoms with Crippen molar-refractivity contribution in [3.8, 4) is 17.0 Å². The van der Waals surface area contributed by atoms with Gasteiger partial charge in [0.15, 0.2) is 5.65 Å². The van der Waals surface area contributed by atoms with E-state index in [0.717, 1.165) is 27.8 Å². The number of hydrogen-bond acceptors (Lipinski definition) is 6. The van der Waals surface area contributed by atoms with E-state index in [9.17, 15) is 4.79 Å². The van der Waals surface area contributed by atoms with E-state index in [0.29, 0.717) is 49.1 Å². The first-order chi connectivity index (χ1) is 17.0. The van der Waals surface area contributed by atoms with Gasteiger partial charge >= 0.3 is 0 Å². The number of benzene rings is 2. The summed E-state index contributed by atoms with van der Waals surface area (Å²) in [7, 11) is 1.60. The maximum Gasteiger partial charge on any atom is 0.244 e. The Labute approximate surface area is 208 Å². The van der Waals surface area contributed by atoms with Gasteiger partial charge in [-0.2, -0.15) is 0 Å². The number of anilines is 1. The summed E-state index contributed by atoms with van der Waals surface area (Å²) < 4.78 is 5.55. The number of methoxy groups -OCH3 is 1.